The normalized spacial score (nSPS) is 15.9. The molecule has 1 aliphatic rings. The van der Waals surface area contributed by atoms with Crippen molar-refractivity contribution in [1.29, 1.82) is 0 Å². The van der Waals surface area contributed by atoms with E-state index in [1.165, 1.54) is 10.6 Å². The first-order valence-electron chi connectivity index (χ1n) is 10.0. The minimum Gasteiger partial charge on any atom is -0.485 e. The number of carbonyl (C=O) groups is 1. The molecule has 3 heterocycles. The summed E-state index contributed by atoms with van der Waals surface area (Å²) in [6.07, 6.45) is 5.72. The van der Waals surface area contributed by atoms with E-state index in [4.69, 9.17) is 16.3 Å². The van der Waals surface area contributed by atoms with Gasteiger partial charge in [-0.1, -0.05) is 11.6 Å². The van der Waals surface area contributed by atoms with E-state index >= 15 is 0 Å². The summed E-state index contributed by atoms with van der Waals surface area (Å²) in [7, 11) is 3.60. The molecule has 0 spiro atoms. The number of aromatic nitrogens is 2. The number of rotatable bonds is 7. The molecule has 0 amide bonds. The Bertz CT molecular complexity index is 1230. The van der Waals surface area contributed by atoms with Crippen molar-refractivity contribution in [3.8, 4) is 5.75 Å². The summed E-state index contributed by atoms with van der Waals surface area (Å²) in [6.45, 7) is 3.19. The summed E-state index contributed by atoms with van der Waals surface area (Å²) < 4.78 is 33.9. The lowest BCUT2D eigenvalue weighted by atomic mass is 9.97. The summed E-state index contributed by atoms with van der Waals surface area (Å²) in [5.41, 5.74) is 1.00. The van der Waals surface area contributed by atoms with Crippen LogP contribution in [0.2, 0.25) is 5.02 Å². The average Bonchev–Trinajstić information content (AvgIpc) is 2.75. The molecule has 2 aromatic heterocycles. The fraction of sp³-hybridized carbons (Fsp3) is 0.304. The molecule has 0 fully saturated rings. The SMILES string of the molecule is CC1=CN=C(C(=O)/C=C/N(C)C)C[C@H]1n1c(C)cc(OCc2ncc(F)cc2F)c(Cl)c1=O. The molecule has 0 aromatic carbocycles. The fourth-order valence-electron chi connectivity index (χ4n) is 3.32. The number of ether oxygens (including phenoxy) is 1. The Hall–Kier alpha value is -3.33. The average molecular weight is 477 g/mol. The van der Waals surface area contributed by atoms with Gasteiger partial charge in [0.05, 0.1) is 18.0 Å². The second kappa shape index (κ2) is 10.1. The zero-order valence-electron chi connectivity index (χ0n) is 18.6. The van der Waals surface area contributed by atoms with E-state index in [1.807, 2.05) is 6.92 Å². The van der Waals surface area contributed by atoms with Crippen molar-refractivity contribution in [2.75, 3.05) is 14.1 Å². The van der Waals surface area contributed by atoms with Crippen molar-refractivity contribution in [3.05, 3.63) is 80.8 Å². The molecule has 174 valence electrons. The van der Waals surface area contributed by atoms with E-state index in [1.54, 1.807) is 44.4 Å². The number of aryl methyl sites for hydroxylation is 1. The summed E-state index contributed by atoms with van der Waals surface area (Å²) in [4.78, 5) is 35.2. The Morgan fingerprint density at radius 2 is 2.06 bits per heavy atom. The van der Waals surface area contributed by atoms with Crippen molar-refractivity contribution in [3.63, 3.8) is 0 Å². The Morgan fingerprint density at radius 1 is 1.33 bits per heavy atom. The van der Waals surface area contributed by atoms with Crippen LogP contribution in [0.1, 0.15) is 30.8 Å². The van der Waals surface area contributed by atoms with E-state index in [0.717, 1.165) is 11.8 Å². The number of aliphatic imine (C=N–C) groups is 1. The van der Waals surface area contributed by atoms with Crippen molar-refractivity contribution in [2.24, 2.45) is 4.99 Å². The first kappa shape index (κ1) is 24.3. The first-order chi connectivity index (χ1) is 15.6. The van der Waals surface area contributed by atoms with Crippen LogP contribution in [0.15, 0.2) is 52.2 Å². The third-order valence-electron chi connectivity index (χ3n) is 5.05. The van der Waals surface area contributed by atoms with Crippen LogP contribution < -0.4 is 10.3 Å². The van der Waals surface area contributed by atoms with Gasteiger partial charge in [0, 0.05) is 56.8 Å². The molecular formula is C23H23ClF2N4O3. The van der Waals surface area contributed by atoms with Crippen molar-refractivity contribution >= 4 is 23.1 Å². The van der Waals surface area contributed by atoms with Gasteiger partial charge in [-0.05, 0) is 19.4 Å². The van der Waals surface area contributed by atoms with E-state index in [-0.39, 0.29) is 35.3 Å². The molecule has 0 N–H and O–H groups in total. The van der Waals surface area contributed by atoms with Gasteiger partial charge >= 0.3 is 0 Å². The third-order valence-corrected chi connectivity index (χ3v) is 5.40. The van der Waals surface area contributed by atoms with Gasteiger partial charge in [0.2, 0.25) is 5.78 Å². The number of hydrogen-bond acceptors (Lipinski definition) is 6. The van der Waals surface area contributed by atoms with E-state index in [9.17, 15) is 18.4 Å². The lowest BCUT2D eigenvalue weighted by Gasteiger charge is -2.26. The largest absolute Gasteiger partial charge is 0.485 e. The number of hydrogen-bond donors (Lipinski definition) is 0. The van der Waals surface area contributed by atoms with Crippen LogP contribution in [0.3, 0.4) is 0 Å². The Kier molecular flexibility index (Phi) is 7.43. The predicted octanol–water partition coefficient (Wildman–Crippen LogP) is 4.00. The second-order valence-electron chi connectivity index (χ2n) is 7.82. The molecule has 7 nitrogen and oxygen atoms in total. The molecule has 33 heavy (non-hydrogen) atoms. The topological polar surface area (TPSA) is 76.8 Å². The highest BCUT2D eigenvalue weighted by atomic mass is 35.5. The van der Waals surface area contributed by atoms with Crippen LogP contribution in [0.4, 0.5) is 8.78 Å². The molecule has 0 saturated carbocycles. The third kappa shape index (κ3) is 5.54. The molecule has 10 heteroatoms. The summed E-state index contributed by atoms with van der Waals surface area (Å²) in [6, 6.07) is 1.80. The van der Waals surface area contributed by atoms with Crippen molar-refractivity contribution < 1.29 is 18.3 Å². The van der Waals surface area contributed by atoms with E-state index in [2.05, 4.69) is 9.98 Å². The van der Waals surface area contributed by atoms with E-state index < -0.39 is 23.2 Å². The van der Waals surface area contributed by atoms with Crippen LogP contribution in [0.25, 0.3) is 0 Å². The number of allylic oxidation sites excluding steroid dienone is 2. The lowest BCUT2D eigenvalue weighted by Crippen LogP contribution is -2.32. The van der Waals surface area contributed by atoms with Crippen LogP contribution >= 0.6 is 11.6 Å². The van der Waals surface area contributed by atoms with Crippen molar-refractivity contribution in [2.45, 2.75) is 32.9 Å². The van der Waals surface area contributed by atoms with E-state index in [0.29, 0.717) is 17.5 Å². The maximum Gasteiger partial charge on any atom is 0.273 e. The summed E-state index contributed by atoms with van der Waals surface area (Å²) >= 11 is 6.29. The molecule has 1 aliphatic heterocycles. The van der Waals surface area contributed by atoms with Gasteiger partial charge in [0.15, 0.2) is 5.82 Å². The number of halogens is 3. The van der Waals surface area contributed by atoms with Gasteiger partial charge in [0.1, 0.15) is 28.9 Å². The predicted molar refractivity (Wildman–Crippen MR) is 122 cm³/mol. The smallest absolute Gasteiger partial charge is 0.273 e. The molecule has 0 saturated heterocycles. The highest BCUT2D eigenvalue weighted by molar-refractivity contribution is 6.44. The number of pyridine rings is 2. The monoisotopic (exact) mass is 476 g/mol. The molecule has 3 rings (SSSR count). The summed E-state index contributed by atoms with van der Waals surface area (Å²) in [5, 5.41) is -0.196. The first-order valence-corrected chi connectivity index (χ1v) is 10.4. The Labute approximate surface area is 194 Å². The highest BCUT2D eigenvalue weighted by Crippen LogP contribution is 2.30. The molecule has 2 aromatic rings. The maximum absolute atomic E-state index is 13.8. The van der Waals surface area contributed by atoms with Gasteiger partial charge in [-0.3, -0.25) is 19.6 Å². The van der Waals surface area contributed by atoms with Gasteiger partial charge < -0.3 is 14.2 Å². The quantitative estimate of drug-likeness (QED) is 0.565. The molecule has 0 radical (unpaired) electrons. The maximum atomic E-state index is 13.8. The molecule has 0 aliphatic carbocycles. The molecule has 1 atom stereocenters. The Balaban J connectivity index is 1.86. The number of carbonyl (C=O) groups excluding carboxylic acids is 1. The summed E-state index contributed by atoms with van der Waals surface area (Å²) in [5.74, 6) is -1.86. The second-order valence-corrected chi connectivity index (χ2v) is 8.20. The number of ketones is 1. The van der Waals surface area contributed by atoms with Crippen molar-refractivity contribution in [1.82, 2.24) is 14.5 Å². The standard InChI is InChI=1S/C23H23ClF2N4O3/c1-13-10-27-17(20(31)5-6-29(3)4)9-19(13)30-14(2)7-21(22(24)23(30)32)33-12-18-16(26)8-15(25)11-28-18/h5-8,10-11,19H,9,12H2,1-4H3/b6-5+/t19-/m1/s1. The zero-order chi connectivity index (χ0) is 24.3. The van der Waals surface area contributed by atoms with Crippen LogP contribution in [0.5, 0.6) is 5.75 Å². The lowest BCUT2D eigenvalue weighted by molar-refractivity contribution is -0.109. The van der Waals surface area contributed by atoms with Gasteiger partial charge in [-0.15, -0.1) is 0 Å². The molecule has 0 bridgehead atoms. The van der Waals surface area contributed by atoms with Crippen LogP contribution in [0, 0.1) is 18.6 Å². The van der Waals surface area contributed by atoms with Gasteiger partial charge in [-0.25, -0.2) is 8.78 Å². The van der Waals surface area contributed by atoms with Gasteiger partial charge in [0.25, 0.3) is 5.56 Å². The van der Waals surface area contributed by atoms with Crippen LogP contribution in [-0.2, 0) is 11.4 Å². The molecule has 0 unspecified atom stereocenters. The fourth-order valence-corrected chi connectivity index (χ4v) is 3.52. The van der Waals surface area contributed by atoms with Crippen LogP contribution in [-0.4, -0.2) is 40.0 Å². The minimum atomic E-state index is -0.862. The zero-order valence-corrected chi connectivity index (χ0v) is 19.4. The number of nitrogens with zero attached hydrogens (tertiary/aromatic N) is 4. The highest BCUT2D eigenvalue weighted by Gasteiger charge is 2.26. The minimum absolute atomic E-state index is 0.0530. The van der Waals surface area contributed by atoms with Gasteiger partial charge in [-0.2, -0.15) is 0 Å². The molecular weight excluding hydrogens is 454 g/mol. The Morgan fingerprint density at radius 3 is 2.73 bits per heavy atom.